The largest absolute Gasteiger partial charge is 0.493 e. The van der Waals surface area contributed by atoms with Crippen LogP contribution in [0, 0.1) is 0 Å². The molecule has 2 amide bonds. The van der Waals surface area contributed by atoms with Crippen molar-refractivity contribution in [1.29, 1.82) is 0 Å². The van der Waals surface area contributed by atoms with E-state index in [2.05, 4.69) is 199 Å². The number of carbonyl (C=O) groups excluding carboxylic acids is 3. The van der Waals surface area contributed by atoms with Crippen molar-refractivity contribution in [3.63, 3.8) is 0 Å². The summed E-state index contributed by atoms with van der Waals surface area (Å²) in [6.45, 7) is 35.5. The highest BCUT2D eigenvalue weighted by atomic mass is 127. The average Bonchev–Trinajstić information content (AvgIpc) is 0.762. The molecule has 0 radical (unpaired) electrons. The van der Waals surface area contributed by atoms with Gasteiger partial charge in [-0.2, -0.15) is 0 Å². The number of hydrogen-bond acceptors (Lipinski definition) is 12. The normalized spacial score (nSPS) is 14.7. The van der Waals surface area contributed by atoms with Gasteiger partial charge in [-0.3, -0.25) is 0 Å². The Morgan fingerprint density at radius 3 is 1.15 bits per heavy atom. The number of methoxy groups -OCH3 is 4. The molecule has 0 spiro atoms. The van der Waals surface area contributed by atoms with Gasteiger partial charge >= 0.3 is 12.2 Å². The highest BCUT2D eigenvalue weighted by Gasteiger charge is 2.51. The lowest BCUT2D eigenvalue weighted by atomic mass is 9.87. The molecule has 8 rings (SSSR count). The third kappa shape index (κ3) is 22.9. The molecule has 6 aromatic rings. The summed E-state index contributed by atoms with van der Waals surface area (Å²) < 4.78 is 48.3. The molecule has 0 bridgehead atoms. The molecule has 2 aliphatic rings. The van der Waals surface area contributed by atoms with Gasteiger partial charge in [0, 0.05) is 39.1 Å². The molecule has 14 nitrogen and oxygen atoms in total. The van der Waals surface area contributed by atoms with Crippen molar-refractivity contribution in [3.05, 3.63) is 190 Å². The second kappa shape index (κ2) is 39.6. The van der Waals surface area contributed by atoms with E-state index in [0.29, 0.717) is 68.4 Å². The molecular formula is C83H121IN2O12Si2. The quantitative estimate of drug-likeness (QED) is 0.0191. The fourth-order valence-electron chi connectivity index (χ4n) is 13.1. The Morgan fingerprint density at radius 1 is 0.520 bits per heavy atom. The molecule has 3 atom stereocenters. The minimum Gasteiger partial charge on any atom is -0.493 e. The fraction of sp³-hybridized carbons (Fsp3) is 0.482. The first-order valence-electron chi connectivity index (χ1n) is 34.0. The first kappa shape index (κ1) is 87.5. The number of aldehydes is 1. The van der Waals surface area contributed by atoms with Crippen LogP contribution in [0.15, 0.2) is 168 Å². The molecule has 100 heavy (non-hydrogen) atoms. The Morgan fingerprint density at radius 2 is 0.840 bits per heavy atom. The van der Waals surface area contributed by atoms with E-state index in [1.54, 1.807) is 38.2 Å². The van der Waals surface area contributed by atoms with E-state index < -0.39 is 52.2 Å². The van der Waals surface area contributed by atoms with Crippen molar-refractivity contribution in [1.82, 2.24) is 9.80 Å². The summed E-state index contributed by atoms with van der Waals surface area (Å²) in [4.78, 5) is 40.4. The molecule has 0 saturated heterocycles. The van der Waals surface area contributed by atoms with E-state index in [1.165, 1.54) is 24.3 Å². The number of benzene rings is 6. The van der Waals surface area contributed by atoms with Gasteiger partial charge in [-0.25, -0.2) is 9.59 Å². The van der Waals surface area contributed by atoms with Gasteiger partial charge in [0.05, 0.1) is 46.6 Å². The highest BCUT2D eigenvalue weighted by Crippen LogP contribution is 2.44. The van der Waals surface area contributed by atoms with Gasteiger partial charge < -0.3 is 57.0 Å². The number of unbranched alkanes of at least 4 members (excludes halogenated alkanes) is 2. The van der Waals surface area contributed by atoms with Crippen LogP contribution in [-0.4, -0.2) is 122 Å². The van der Waals surface area contributed by atoms with Crippen LogP contribution in [0.5, 0.6) is 23.0 Å². The molecule has 550 valence electrons. The molecule has 6 aromatic carbocycles. The van der Waals surface area contributed by atoms with Crippen LogP contribution in [0.4, 0.5) is 9.59 Å². The van der Waals surface area contributed by atoms with Crippen LogP contribution >= 0.6 is 22.6 Å². The molecular weight excluding hydrogens is 1400 g/mol. The maximum atomic E-state index is 13.4. The number of hydrogen-bond donors (Lipinski definition) is 1. The van der Waals surface area contributed by atoms with Crippen molar-refractivity contribution in [2.45, 2.75) is 209 Å². The summed E-state index contributed by atoms with van der Waals surface area (Å²) in [6.07, 6.45) is 6.66. The maximum absolute atomic E-state index is 13.4. The Balaban J connectivity index is 0.000000422. The van der Waals surface area contributed by atoms with Crippen molar-refractivity contribution >= 4 is 78.4 Å². The van der Waals surface area contributed by atoms with E-state index in [0.717, 1.165) is 72.8 Å². The molecule has 1 N–H and O–H groups in total. The predicted molar refractivity (Wildman–Crippen MR) is 427 cm³/mol. The van der Waals surface area contributed by atoms with Crippen LogP contribution < -0.4 is 39.7 Å². The number of amides is 2. The van der Waals surface area contributed by atoms with Crippen LogP contribution in [0.1, 0.15) is 191 Å². The van der Waals surface area contributed by atoms with Crippen molar-refractivity contribution in [2.24, 2.45) is 0 Å². The zero-order chi connectivity index (χ0) is 71.4. The number of carbonyl (C=O) groups is 3. The molecule has 0 fully saturated rings. The van der Waals surface area contributed by atoms with Gasteiger partial charge in [0.2, 0.25) is 0 Å². The van der Waals surface area contributed by atoms with Gasteiger partial charge in [-0.05, 0) is 202 Å². The van der Waals surface area contributed by atoms with E-state index in [9.17, 15) is 19.5 Å². The first-order valence-corrected chi connectivity index (χ1v) is 38.9. The lowest BCUT2D eigenvalue weighted by Gasteiger charge is -2.43. The molecule has 2 aliphatic heterocycles. The second-order valence-electron chi connectivity index (χ2n) is 29.0. The van der Waals surface area contributed by atoms with E-state index >= 15 is 0 Å². The van der Waals surface area contributed by atoms with E-state index in [4.69, 9.17) is 37.3 Å². The standard InChI is InChI=1S/C40H55NO6Si.C22H29IOSi.C18H25NO5.3CH4/c1-29(18-16-17-25-46-48(40(5,6)7,31-19-12-10-13-20-31)32-21-14-11-15-22-32)35(42)28-34-33-27-37(45-9)36(44-8)26-30(33)23-24-41(34)38(43)47-39(2,3)4;1-19(23)13-11-12-18-24-25(22(2,3)4,20-14-7-5-8-15-20)21-16-9-6-10-17-21;1-18(2,3)24-17(21)19-8-6-12-10-15(22-4)16(23-5)11-13(12)14(19)7-9-20;;;/h10-15,19-22,26-27,34-35,42H,1,16-18,23-25,28H2,2-9H3;5-10,14-17H,1,11-13,18H2,2-4H3;9-11,14H,6-8H2,1-5H3;3*1H4/t34-,35?;;14-;;;/m1.1.../s1. The summed E-state index contributed by atoms with van der Waals surface area (Å²) >= 11 is 2.32. The highest BCUT2D eigenvalue weighted by molar-refractivity contribution is 14.1. The molecule has 2 heterocycles. The number of halogens is 1. The zero-order valence-corrected chi connectivity index (χ0v) is 64.8. The van der Waals surface area contributed by atoms with Crippen molar-refractivity contribution < 1.29 is 56.8 Å². The SMILES string of the molecule is C.C.C.C=C(CCCCO[Si](c1ccccc1)(c1ccccc1)C(C)(C)C)C(O)C[C@@H]1c2cc(OC)c(OC)cc2CCN1C(=O)OC(C)(C)C.C=C(I)CCCCO[Si](c1ccccc1)(c1ccccc1)C(C)(C)C.COc1cc2c(cc1OC)[C@@H](CC=O)N(C(=O)OC(C)(C)C)CC2. The summed E-state index contributed by atoms with van der Waals surface area (Å²) in [5.74, 6) is 2.46. The van der Waals surface area contributed by atoms with Crippen LogP contribution in [0.25, 0.3) is 0 Å². The third-order valence-corrected chi connectivity index (χ3v) is 28.3. The number of nitrogens with zero attached hydrogens (tertiary/aromatic N) is 2. The molecule has 1 unspecified atom stereocenters. The van der Waals surface area contributed by atoms with Gasteiger partial charge in [0.15, 0.2) is 23.0 Å². The predicted octanol–water partition coefficient (Wildman–Crippen LogP) is 18.3. The Bertz CT molecular complexity index is 3410. The number of aliphatic hydroxyl groups is 1. The zero-order valence-electron chi connectivity index (χ0n) is 60.7. The minimum atomic E-state index is -2.60. The van der Waals surface area contributed by atoms with Gasteiger partial charge in [-0.1, -0.05) is 198 Å². The monoisotopic (exact) mass is 1520 g/mol. The summed E-state index contributed by atoms with van der Waals surface area (Å²) in [5.41, 5.74) is 3.47. The van der Waals surface area contributed by atoms with Crippen molar-refractivity contribution in [3.8, 4) is 23.0 Å². The lowest BCUT2D eigenvalue weighted by Crippen LogP contribution is -2.66. The maximum Gasteiger partial charge on any atom is 0.410 e. The number of fused-ring (bicyclic) bond motifs is 2. The van der Waals surface area contributed by atoms with Crippen LogP contribution in [-0.2, 0) is 36.0 Å². The lowest BCUT2D eigenvalue weighted by molar-refractivity contribution is -0.109. The summed E-state index contributed by atoms with van der Waals surface area (Å²) in [5, 5.41) is 16.7. The minimum absolute atomic E-state index is 0. The number of allylic oxidation sites excluding steroid dienone is 1. The first-order chi connectivity index (χ1) is 45.9. The summed E-state index contributed by atoms with van der Waals surface area (Å²) in [6, 6.07) is 49.9. The smallest absolute Gasteiger partial charge is 0.410 e. The molecule has 0 aromatic heterocycles. The third-order valence-electron chi connectivity index (χ3n) is 17.7. The number of rotatable bonds is 25. The number of aliphatic hydroxyl groups excluding tert-OH is 1. The topological polar surface area (TPSA) is 152 Å². The van der Waals surface area contributed by atoms with Gasteiger partial charge in [0.1, 0.15) is 17.5 Å². The van der Waals surface area contributed by atoms with E-state index in [-0.39, 0.29) is 44.8 Å². The number of ether oxygens (including phenoxy) is 6. The van der Waals surface area contributed by atoms with Gasteiger partial charge in [0.25, 0.3) is 16.6 Å². The Labute approximate surface area is 617 Å². The van der Waals surface area contributed by atoms with Crippen LogP contribution in [0.3, 0.4) is 0 Å². The second-order valence-corrected chi connectivity index (χ2v) is 39.1. The van der Waals surface area contributed by atoms with E-state index in [1.807, 2.05) is 65.8 Å². The Kier molecular flexibility index (Phi) is 34.7. The Hall–Kier alpha value is -6.75. The van der Waals surface area contributed by atoms with Crippen LogP contribution in [0.2, 0.25) is 10.1 Å². The fourth-order valence-corrected chi connectivity index (χ4v) is 22.7. The average molecular weight is 1520 g/mol. The molecule has 0 aliphatic carbocycles. The van der Waals surface area contributed by atoms with Crippen molar-refractivity contribution in [2.75, 3.05) is 54.7 Å². The molecule has 17 heteroatoms. The van der Waals surface area contributed by atoms with Gasteiger partial charge in [-0.15, -0.1) is 0 Å². The molecule has 0 saturated carbocycles. The summed E-state index contributed by atoms with van der Waals surface area (Å²) in [7, 11) is 1.41.